The second kappa shape index (κ2) is 21.0. The highest BCUT2D eigenvalue weighted by Gasteiger charge is 2.21. The van der Waals surface area contributed by atoms with Gasteiger partial charge in [-0.1, -0.05) is 115 Å². The number of nitrogens with zero attached hydrogens (tertiary/aromatic N) is 1. The molecule has 0 fully saturated rings. The Kier molecular flexibility index (Phi) is 19.1. The van der Waals surface area contributed by atoms with Crippen LogP contribution in [0.3, 0.4) is 0 Å². The molecule has 35 heavy (non-hydrogen) atoms. The number of rotatable bonds is 22. The molecule has 0 spiro atoms. The largest absolute Gasteiger partial charge is 0.394 e. The maximum Gasteiger partial charge on any atom is 0.254 e. The van der Waals surface area contributed by atoms with Gasteiger partial charge in [0, 0.05) is 19.2 Å². The monoisotopic (exact) mass is 513 g/mol. The van der Waals surface area contributed by atoms with Gasteiger partial charge in [-0.25, -0.2) is 4.39 Å². The smallest absolute Gasteiger partial charge is 0.254 e. The Balaban J connectivity index is 1.98. The molecule has 1 rings (SSSR count). The minimum Gasteiger partial charge on any atom is -0.394 e. The molecule has 0 saturated carbocycles. The van der Waals surface area contributed by atoms with Crippen LogP contribution in [-0.2, 0) is 4.74 Å². The number of unbranched alkanes of at least 4 members (excludes halogenated alkanes) is 15. The first kappa shape index (κ1) is 31.9. The number of hydrogen-bond donors (Lipinski definition) is 1. The molecule has 0 aliphatic rings. The number of carbonyl (C=O) groups is 1. The van der Waals surface area contributed by atoms with Gasteiger partial charge >= 0.3 is 0 Å². The molecule has 0 heterocycles. The predicted octanol–water partition coefficient (Wildman–Crippen LogP) is 8.19. The van der Waals surface area contributed by atoms with Crippen molar-refractivity contribution in [3.8, 4) is 0 Å². The van der Waals surface area contributed by atoms with Gasteiger partial charge in [-0.15, -0.1) is 0 Å². The molecule has 1 atom stereocenters. The van der Waals surface area contributed by atoms with Crippen LogP contribution in [0.15, 0.2) is 18.2 Å². The predicted molar refractivity (Wildman–Crippen MR) is 145 cm³/mol. The molecule has 1 aromatic rings. The SMILES string of the molecule is CCCCCCCCCCCCCCCCCCOCC(CO)N(C)C(=O)c1ccc(F)c(Cl)c1. The molecule has 6 heteroatoms. The second-order valence-electron chi connectivity index (χ2n) is 9.76. The second-order valence-corrected chi connectivity index (χ2v) is 10.2. The number of aliphatic hydroxyl groups excluding tert-OH is 1. The minimum atomic E-state index is -0.563. The highest BCUT2D eigenvalue weighted by atomic mass is 35.5. The number of aliphatic hydroxyl groups is 1. The Bertz CT molecular complexity index is 673. The van der Waals surface area contributed by atoms with E-state index in [0.29, 0.717) is 6.61 Å². The van der Waals surface area contributed by atoms with Gasteiger partial charge in [0.25, 0.3) is 5.91 Å². The topological polar surface area (TPSA) is 49.8 Å². The van der Waals surface area contributed by atoms with Crippen molar-refractivity contribution in [2.45, 2.75) is 116 Å². The molecule has 0 aliphatic heterocycles. The van der Waals surface area contributed by atoms with Gasteiger partial charge in [0.05, 0.1) is 24.3 Å². The third-order valence-corrected chi connectivity index (χ3v) is 6.99. The number of carbonyl (C=O) groups excluding carboxylic acids is 1. The number of likely N-dealkylation sites (N-methyl/N-ethyl adjacent to an activating group) is 1. The highest BCUT2D eigenvalue weighted by Crippen LogP contribution is 2.18. The lowest BCUT2D eigenvalue weighted by molar-refractivity contribution is 0.0329. The fourth-order valence-electron chi connectivity index (χ4n) is 4.26. The lowest BCUT2D eigenvalue weighted by atomic mass is 10.0. The number of amides is 1. The van der Waals surface area contributed by atoms with Crippen molar-refractivity contribution in [2.75, 3.05) is 26.9 Å². The van der Waals surface area contributed by atoms with Gasteiger partial charge in [-0.3, -0.25) is 4.79 Å². The average Bonchev–Trinajstić information content (AvgIpc) is 2.86. The van der Waals surface area contributed by atoms with E-state index in [4.69, 9.17) is 16.3 Å². The lowest BCUT2D eigenvalue weighted by Gasteiger charge is -2.26. The van der Waals surface area contributed by atoms with Gasteiger partial charge in [0.2, 0.25) is 0 Å². The molecule has 1 unspecified atom stereocenters. The van der Waals surface area contributed by atoms with Gasteiger partial charge in [-0.2, -0.15) is 0 Å². The van der Waals surface area contributed by atoms with Crippen molar-refractivity contribution in [3.05, 3.63) is 34.6 Å². The zero-order chi connectivity index (χ0) is 25.7. The Morgan fingerprint density at radius 3 is 1.86 bits per heavy atom. The summed E-state index contributed by atoms with van der Waals surface area (Å²) >= 11 is 5.78. The standard InChI is InChI=1S/C29H49ClFNO3/c1-3-4-5-6-7-8-9-10-11-12-13-14-15-16-17-18-21-35-24-26(23-33)32(2)29(34)25-19-20-28(31)27(30)22-25/h19-20,22,26,33H,3-18,21,23-24H2,1-2H3. The van der Waals surface area contributed by atoms with E-state index in [1.54, 1.807) is 7.05 Å². The molecule has 0 bridgehead atoms. The van der Waals surface area contributed by atoms with Crippen molar-refractivity contribution < 1.29 is 19.0 Å². The molecule has 1 aromatic carbocycles. The van der Waals surface area contributed by atoms with Crippen molar-refractivity contribution >= 4 is 17.5 Å². The summed E-state index contributed by atoms with van der Waals surface area (Å²) in [6.45, 7) is 2.97. The van der Waals surface area contributed by atoms with Crippen LogP contribution in [0, 0.1) is 5.82 Å². The Labute approximate surface area is 218 Å². The van der Waals surface area contributed by atoms with E-state index in [-0.39, 0.29) is 29.7 Å². The number of ether oxygens (including phenoxy) is 1. The van der Waals surface area contributed by atoms with Gasteiger partial charge in [0.15, 0.2) is 0 Å². The molecule has 0 saturated heterocycles. The van der Waals surface area contributed by atoms with E-state index >= 15 is 0 Å². The third-order valence-electron chi connectivity index (χ3n) is 6.70. The van der Waals surface area contributed by atoms with Crippen molar-refractivity contribution in [2.24, 2.45) is 0 Å². The van der Waals surface area contributed by atoms with Gasteiger partial charge in [0.1, 0.15) is 5.82 Å². The maximum absolute atomic E-state index is 13.3. The van der Waals surface area contributed by atoms with Crippen LogP contribution in [0.4, 0.5) is 4.39 Å². The first-order valence-electron chi connectivity index (χ1n) is 13.9. The normalized spacial score (nSPS) is 12.1. The summed E-state index contributed by atoms with van der Waals surface area (Å²) in [6.07, 6.45) is 21.3. The Hall–Kier alpha value is -1.17. The van der Waals surface area contributed by atoms with Crippen molar-refractivity contribution in [1.29, 1.82) is 0 Å². The molecule has 4 nitrogen and oxygen atoms in total. The zero-order valence-electron chi connectivity index (χ0n) is 22.2. The molecule has 0 aromatic heterocycles. The molecule has 1 N–H and O–H groups in total. The number of halogens is 2. The average molecular weight is 514 g/mol. The Morgan fingerprint density at radius 1 is 0.914 bits per heavy atom. The van der Waals surface area contributed by atoms with Crippen LogP contribution in [-0.4, -0.2) is 48.8 Å². The Morgan fingerprint density at radius 2 is 1.40 bits per heavy atom. The summed E-state index contributed by atoms with van der Waals surface area (Å²) < 4.78 is 19.0. The minimum absolute atomic E-state index is 0.0930. The quantitative estimate of drug-likeness (QED) is 0.159. The molecule has 202 valence electrons. The van der Waals surface area contributed by atoms with Crippen LogP contribution in [0.1, 0.15) is 120 Å². The van der Waals surface area contributed by atoms with Crippen LogP contribution < -0.4 is 0 Å². The van der Waals surface area contributed by atoms with Crippen molar-refractivity contribution in [3.63, 3.8) is 0 Å². The van der Waals surface area contributed by atoms with Crippen molar-refractivity contribution in [1.82, 2.24) is 4.90 Å². The maximum atomic E-state index is 13.3. The zero-order valence-corrected chi connectivity index (χ0v) is 23.0. The summed E-state index contributed by atoms with van der Waals surface area (Å²) in [5.74, 6) is -0.885. The molecule has 1 amide bonds. The molecular weight excluding hydrogens is 465 g/mol. The van der Waals surface area contributed by atoms with E-state index in [1.807, 2.05) is 0 Å². The number of hydrogen-bond acceptors (Lipinski definition) is 3. The summed E-state index contributed by atoms with van der Waals surface area (Å²) in [5.41, 5.74) is 0.287. The van der Waals surface area contributed by atoms with Crippen LogP contribution in [0.25, 0.3) is 0 Å². The van der Waals surface area contributed by atoms with Crippen LogP contribution in [0.2, 0.25) is 5.02 Å². The fraction of sp³-hybridized carbons (Fsp3) is 0.759. The van der Waals surface area contributed by atoms with Gasteiger partial charge < -0.3 is 14.7 Å². The first-order chi connectivity index (χ1) is 17.0. The van der Waals surface area contributed by atoms with E-state index in [1.165, 1.54) is 113 Å². The summed E-state index contributed by atoms with van der Waals surface area (Å²) in [6, 6.07) is 3.42. The van der Waals surface area contributed by atoms with Crippen LogP contribution >= 0.6 is 11.6 Å². The van der Waals surface area contributed by atoms with E-state index in [0.717, 1.165) is 12.8 Å². The first-order valence-corrected chi connectivity index (χ1v) is 14.3. The van der Waals surface area contributed by atoms with Crippen LogP contribution in [0.5, 0.6) is 0 Å². The summed E-state index contributed by atoms with van der Waals surface area (Å²) in [7, 11) is 1.61. The third kappa shape index (κ3) is 14.9. The van der Waals surface area contributed by atoms with E-state index < -0.39 is 11.9 Å². The molecule has 0 radical (unpaired) electrons. The molecule has 0 aliphatic carbocycles. The van der Waals surface area contributed by atoms with E-state index in [9.17, 15) is 14.3 Å². The number of benzene rings is 1. The highest BCUT2D eigenvalue weighted by molar-refractivity contribution is 6.31. The lowest BCUT2D eigenvalue weighted by Crippen LogP contribution is -2.42. The van der Waals surface area contributed by atoms with E-state index in [2.05, 4.69) is 6.92 Å². The fourth-order valence-corrected chi connectivity index (χ4v) is 4.44. The van der Waals surface area contributed by atoms with Gasteiger partial charge in [-0.05, 0) is 24.6 Å². The summed E-state index contributed by atoms with van der Waals surface area (Å²) in [4.78, 5) is 14.0. The molecular formula is C29H49ClFNO3. The summed E-state index contributed by atoms with van der Waals surface area (Å²) in [5, 5.41) is 9.58.